The van der Waals surface area contributed by atoms with Crippen molar-refractivity contribution in [3.63, 3.8) is 0 Å². The van der Waals surface area contributed by atoms with Gasteiger partial charge in [-0.3, -0.25) is 9.48 Å². The van der Waals surface area contributed by atoms with Crippen molar-refractivity contribution in [3.8, 4) is 22.6 Å². The lowest BCUT2D eigenvalue weighted by molar-refractivity contribution is -0.113. The Balaban J connectivity index is 1.58. The molecule has 0 aliphatic carbocycles. The van der Waals surface area contributed by atoms with E-state index in [0.29, 0.717) is 16.8 Å². The van der Waals surface area contributed by atoms with E-state index in [1.165, 1.54) is 28.7 Å². The Hall–Kier alpha value is -2.98. The van der Waals surface area contributed by atoms with Gasteiger partial charge in [0.2, 0.25) is 5.91 Å². The van der Waals surface area contributed by atoms with Crippen LogP contribution < -0.4 is 5.32 Å². The van der Waals surface area contributed by atoms with Crippen LogP contribution in [0.15, 0.2) is 47.2 Å². The number of thiazole rings is 1. The van der Waals surface area contributed by atoms with E-state index < -0.39 is 0 Å². The first-order valence-electron chi connectivity index (χ1n) is 9.41. The Labute approximate surface area is 182 Å². The van der Waals surface area contributed by atoms with E-state index in [2.05, 4.69) is 56.8 Å². The Bertz CT molecular complexity index is 1150. The molecule has 1 N–H and O–H groups in total. The highest BCUT2D eigenvalue weighted by atomic mass is 32.2. The minimum absolute atomic E-state index is 0.121. The van der Waals surface area contributed by atoms with Crippen molar-refractivity contribution in [3.05, 3.63) is 47.6 Å². The van der Waals surface area contributed by atoms with Gasteiger partial charge in [-0.15, -0.1) is 21.5 Å². The first-order valence-corrected chi connectivity index (χ1v) is 11.3. The number of aromatic nitrogens is 6. The summed E-state index contributed by atoms with van der Waals surface area (Å²) in [4.78, 5) is 16.3. The number of aryl methyl sites for hydroxylation is 2. The Morgan fingerprint density at radius 2 is 2.03 bits per heavy atom. The average Bonchev–Trinajstić information content (AvgIpc) is 3.46. The molecular formula is C20H21N7OS2. The van der Waals surface area contributed by atoms with Gasteiger partial charge in [-0.2, -0.15) is 5.10 Å². The standard InChI is InChI=1S/C20H21N7OS2/c1-4-27-18(15-11-26(3)25-17(15)14-7-5-13(2)6-8-14)23-24-20(27)30-12-16(28)22-19-21-9-10-29-19/h5-11H,4,12H2,1-3H3,(H,21,22,28). The molecule has 0 aliphatic heterocycles. The molecule has 8 nitrogen and oxygen atoms in total. The molecule has 4 aromatic rings. The highest BCUT2D eigenvalue weighted by Crippen LogP contribution is 2.32. The molecule has 0 aliphatic rings. The Kier molecular flexibility index (Phi) is 5.96. The number of rotatable bonds is 7. The number of carbonyl (C=O) groups is 1. The van der Waals surface area contributed by atoms with Gasteiger partial charge in [-0.1, -0.05) is 41.6 Å². The van der Waals surface area contributed by atoms with E-state index in [0.717, 1.165) is 22.6 Å². The second-order valence-electron chi connectivity index (χ2n) is 6.66. The smallest absolute Gasteiger partial charge is 0.236 e. The fraction of sp³-hybridized carbons (Fsp3) is 0.250. The molecule has 0 radical (unpaired) electrons. The van der Waals surface area contributed by atoms with Crippen molar-refractivity contribution in [2.45, 2.75) is 25.5 Å². The maximum absolute atomic E-state index is 12.2. The summed E-state index contributed by atoms with van der Waals surface area (Å²) in [5.41, 5.74) is 3.99. The maximum Gasteiger partial charge on any atom is 0.236 e. The number of benzene rings is 1. The zero-order valence-corrected chi connectivity index (χ0v) is 18.5. The SMILES string of the molecule is CCn1c(SCC(=O)Nc2nccs2)nnc1-c1cn(C)nc1-c1ccc(C)cc1. The van der Waals surface area contributed by atoms with Crippen molar-refractivity contribution in [1.29, 1.82) is 0 Å². The van der Waals surface area contributed by atoms with Gasteiger partial charge < -0.3 is 9.88 Å². The van der Waals surface area contributed by atoms with Crippen molar-refractivity contribution in [2.75, 3.05) is 11.1 Å². The lowest BCUT2D eigenvalue weighted by Gasteiger charge is -2.07. The normalized spacial score (nSPS) is 11.0. The zero-order valence-electron chi connectivity index (χ0n) is 16.9. The summed E-state index contributed by atoms with van der Waals surface area (Å²) in [6, 6.07) is 8.26. The van der Waals surface area contributed by atoms with Crippen LogP contribution in [0.1, 0.15) is 12.5 Å². The van der Waals surface area contributed by atoms with Gasteiger partial charge in [0.15, 0.2) is 16.1 Å². The number of anilines is 1. The third-order valence-corrected chi connectivity index (χ3v) is 6.09. The van der Waals surface area contributed by atoms with Crippen LogP contribution in [0.2, 0.25) is 0 Å². The predicted molar refractivity (Wildman–Crippen MR) is 120 cm³/mol. The molecule has 0 bridgehead atoms. The van der Waals surface area contributed by atoms with Crippen LogP contribution in [-0.4, -0.2) is 41.2 Å². The molecule has 1 amide bonds. The van der Waals surface area contributed by atoms with Crippen LogP contribution in [0.3, 0.4) is 0 Å². The van der Waals surface area contributed by atoms with E-state index in [9.17, 15) is 4.79 Å². The summed E-state index contributed by atoms with van der Waals surface area (Å²) >= 11 is 2.74. The first-order chi connectivity index (χ1) is 14.5. The van der Waals surface area contributed by atoms with Gasteiger partial charge in [0.1, 0.15) is 5.69 Å². The van der Waals surface area contributed by atoms with E-state index >= 15 is 0 Å². The van der Waals surface area contributed by atoms with Gasteiger partial charge >= 0.3 is 0 Å². The maximum atomic E-state index is 12.2. The molecule has 0 saturated heterocycles. The Morgan fingerprint density at radius 1 is 1.23 bits per heavy atom. The minimum atomic E-state index is -0.121. The van der Waals surface area contributed by atoms with Gasteiger partial charge in [-0.25, -0.2) is 4.98 Å². The lowest BCUT2D eigenvalue weighted by atomic mass is 10.1. The molecule has 0 spiro atoms. The fourth-order valence-electron chi connectivity index (χ4n) is 3.03. The summed E-state index contributed by atoms with van der Waals surface area (Å²) in [7, 11) is 1.90. The van der Waals surface area contributed by atoms with Gasteiger partial charge in [-0.05, 0) is 13.8 Å². The second kappa shape index (κ2) is 8.80. The molecule has 1 aromatic carbocycles. The van der Waals surface area contributed by atoms with E-state index in [1.807, 2.05) is 30.1 Å². The molecular weight excluding hydrogens is 418 g/mol. The number of carbonyl (C=O) groups excluding carboxylic acids is 1. The number of nitrogens with zero attached hydrogens (tertiary/aromatic N) is 6. The summed E-state index contributed by atoms with van der Waals surface area (Å²) in [6.07, 6.45) is 3.61. The highest BCUT2D eigenvalue weighted by molar-refractivity contribution is 7.99. The molecule has 3 aromatic heterocycles. The van der Waals surface area contributed by atoms with Crippen LogP contribution in [0.25, 0.3) is 22.6 Å². The molecule has 0 unspecified atom stereocenters. The predicted octanol–water partition coefficient (Wildman–Crippen LogP) is 3.86. The summed E-state index contributed by atoms with van der Waals surface area (Å²) in [6.45, 7) is 4.78. The number of hydrogen-bond donors (Lipinski definition) is 1. The van der Waals surface area contributed by atoms with Gasteiger partial charge in [0, 0.05) is 36.9 Å². The molecule has 3 heterocycles. The molecule has 30 heavy (non-hydrogen) atoms. The topological polar surface area (TPSA) is 90.5 Å². The van der Waals surface area contributed by atoms with Crippen LogP contribution >= 0.6 is 23.1 Å². The Morgan fingerprint density at radius 3 is 2.73 bits per heavy atom. The molecule has 10 heteroatoms. The van der Waals surface area contributed by atoms with Gasteiger partial charge in [0.05, 0.1) is 11.3 Å². The number of thioether (sulfide) groups is 1. The van der Waals surface area contributed by atoms with Crippen LogP contribution in [0.4, 0.5) is 5.13 Å². The monoisotopic (exact) mass is 439 g/mol. The van der Waals surface area contributed by atoms with Crippen LogP contribution in [-0.2, 0) is 18.4 Å². The number of nitrogens with one attached hydrogen (secondary N) is 1. The molecule has 0 fully saturated rings. The third kappa shape index (κ3) is 4.29. The van der Waals surface area contributed by atoms with Gasteiger partial charge in [0.25, 0.3) is 0 Å². The average molecular weight is 440 g/mol. The van der Waals surface area contributed by atoms with Crippen LogP contribution in [0.5, 0.6) is 0 Å². The third-order valence-electron chi connectivity index (χ3n) is 4.44. The fourth-order valence-corrected chi connectivity index (χ4v) is 4.37. The quantitative estimate of drug-likeness (QED) is 0.440. The molecule has 0 saturated carbocycles. The second-order valence-corrected chi connectivity index (χ2v) is 8.49. The number of amides is 1. The van der Waals surface area contributed by atoms with Crippen molar-refractivity contribution in [2.24, 2.45) is 7.05 Å². The first kappa shape index (κ1) is 20.3. The minimum Gasteiger partial charge on any atom is -0.302 e. The lowest BCUT2D eigenvalue weighted by Crippen LogP contribution is -2.14. The van der Waals surface area contributed by atoms with Crippen molar-refractivity contribution < 1.29 is 4.79 Å². The zero-order chi connectivity index (χ0) is 21.1. The van der Waals surface area contributed by atoms with Crippen molar-refractivity contribution >= 4 is 34.1 Å². The highest BCUT2D eigenvalue weighted by Gasteiger charge is 2.20. The van der Waals surface area contributed by atoms with E-state index in [4.69, 9.17) is 0 Å². The molecule has 154 valence electrons. The molecule has 4 rings (SSSR count). The molecule has 0 atom stereocenters. The summed E-state index contributed by atoms with van der Waals surface area (Å²) < 4.78 is 3.80. The van der Waals surface area contributed by atoms with Crippen LogP contribution in [0, 0.1) is 6.92 Å². The largest absolute Gasteiger partial charge is 0.302 e. The summed E-state index contributed by atoms with van der Waals surface area (Å²) in [5.74, 6) is 0.850. The van der Waals surface area contributed by atoms with E-state index in [-0.39, 0.29) is 11.7 Å². The summed E-state index contributed by atoms with van der Waals surface area (Å²) in [5, 5.41) is 19.3. The number of hydrogen-bond acceptors (Lipinski definition) is 7. The van der Waals surface area contributed by atoms with E-state index in [1.54, 1.807) is 10.9 Å². The van der Waals surface area contributed by atoms with Crippen molar-refractivity contribution in [1.82, 2.24) is 29.5 Å².